The Morgan fingerprint density at radius 1 is 0.299 bits per heavy atom. The van der Waals surface area contributed by atoms with Crippen LogP contribution >= 0.6 is 0 Å². The highest BCUT2D eigenvalue weighted by molar-refractivity contribution is 6.00. The number of para-hydroxylation sites is 4. The van der Waals surface area contributed by atoms with Crippen LogP contribution < -0.4 is 9.80 Å². The molecule has 0 saturated carbocycles. The molecule has 1 aliphatic carbocycles. The number of fused-ring (bicyclic) bond motifs is 10. The quantitative estimate of drug-likeness (QED) is 0.158. The second-order valence-electron chi connectivity index (χ2n) is 17.6. The van der Waals surface area contributed by atoms with Crippen LogP contribution in [0.4, 0.5) is 34.1 Å². The van der Waals surface area contributed by atoms with Crippen molar-refractivity contribution in [2.24, 2.45) is 0 Å². The van der Waals surface area contributed by atoms with Gasteiger partial charge < -0.3 is 9.80 Å². The van der Waals surface area contributed by atoms with E-state index in [1.165, 1.54) is 83.3 Å². The molecule has 0 bridgehead atoms. The van der Waals surface area contributed by atoms with Gasteiger partial charge in [0, 0.05) is 22.6 Å². The Hall–Kier alpha value is -8.72. The molecule has 0 N–H and O–H groups in total. The molecule has 0 aromatic heterocycles. The molecule has 1 aliphatic heterocycles. The summed E-state index contributed by atoms with van der Waals surface area (Å²) < 4.78 is 0. The van der Waals surface area contributed by atoms with Crippen molar-refractivity contribution in [3.63, 3.8) is 0 Å². The third kappa shape index (κ3) is 6.04. The predicted octanol–water partition coefficient (Wildman–Crippen LogP) is 17.5. The van der Waals surface area contributed by atoms with E-state index in [4.69, 9.17) is 0 Å². The molecule has 2 aliphatic rings. The van der Waals surface area contributed by atoms with Crippen LogP contribution in [0.2, 0.25) is 0 Å². The van der Waals surface area contributed by atoms with Crippen LogP contribution in [0.1, 0.15) is 22.3 Å². The van der Waals surface area contributed by atoms with Crippen LogP contribution in [0.3, 0.4) is 0 Å². The molecule has 11 aromatic carbocycles. The zero-order chi connectivity index (χ0) is 44.3. The first-order valence-electron chi connectivity index (χ1n) is 23.2. The molecule has 2 heteroatoms. The first-order chi connectivity index (χ1) is 33.3. The molecule has 67 heavy (non-hydrogen) atoms. The van der Waals surface area contributed by atoms with Crippen LogP contribution in [0.15, 0.2) is 267 Å². The highest BCUT2D eigenvalue weighted by atomic mass is 15.2. The van der Waals surface area contributed by atoms with Crippen molar-refractivity contribution < 1.29 is 0 Å². The number of hydrogen-bond donors (Lipinski definition) is 0. The van der Waals surface area contributed by atoms with Crippen molar-refractivity contribution in [1.29, 1.82) is 0 Å². The maximum atomic E-state index is 2.50. The number of rotatable bonds is 7. The van der Waals surface area contributed by atoms with E-state index in [9.17, 15) is 0 Å². The van der Waals surface area contributed by atoms with Gasteiger partial charge in [0.1, 0.15) is 0 Å². The van der Waals surface area contributed by atoms with Gasteiger partial charge in [0.15, 0.2) is 0 Å². The summed E-state index contributed by atoms with van der Waals surface area (Å²) in [5.74, 6) is 0. The van der Waals surface area contributed by atoms with E-state index < -0.39 is 5.41 Å². The first-order valence-corrected chi connectivity index (χ1v) is 23.2. The molecule has 2 nitrogen and oxygen atoms in total. The van der Waals surface area contributed by atoms with E-state index in [1.54, 1.807) is 0 Å². The fourth-order valence-corrected chi connectivity index (χ4v) is 11.3. The zero-order valence-corrected chi connectivity index (χ0v) is 36.8. The molecule has 11 aromatic rings. The van der Waals surface area contributed by atoms with Crippen molar-refractivity contribution in [3.8, 4) is 44.5 Å². The second-order valence-corrected chi connectivity index (χ2v) is 17.6. The van der Waals surface area contributed by atoms with Gasteiger partial charge >= 0.3 is 0 Å². The number of hydrogen-bond acceptors (Lipinski definition) is 2. The van der Waals surface area contributed by atoms with Crippen molar-refractivity contribution in [3.05, 3.63) is 289 Å². The summed E-state index contributed by atoms with van der Waals surface area (Å²) in [7, 11) is 0. The standard InChI is InChI=1S/C65H44N2/c1-3-20-45(21-4-1)53-27-9-10-28-54(53)57-30-12-16-35-62(57)66(49-40-38-47(39-41-49)52-31-19-23-46-22-7-8-26-51(46)52)50-42-43-56-55-29-11-13-32-58(55)65(61(56)44-50)59-33-14-17-36-63(59)67(48-24-5-2-6-25-48)64-37-18-15-34-60(64)65/h1-44H. The molecular weight excluding hydrogens is 809 g/mol. The molecular formula is C65H44N2. The Labute approximate surface area is 391 Å². The lowest BCUT2D eigenvalue weighted by atomic mass is 9.64. The van der Waals surface area contributed by atoms with Gasteiger partial charge in [-0.3, -0.25) is 0 Å². The van der Waals surface area contributed by atoms with Crippen LogP contribution in [0, 0.1) is 0 Å². The SMILES string of the molecule is c1ccc(-c2ccccc2-c2ccccc2N(c2ccc(-c3cccc4ccccc34)cc2)c2ccc3c(c2)C2(c4ccccc4-3)c3ccccc3N(c3ccccc3)c3ccccc32)cc1. The molecule has 1 heterocycles. The summed E-state index contributed by atoms with van der Waals surface area (Å²) in [6.45, 7) is 0. The second kappa shape index (κ2) is 15.8. The van der Waals surface area contributed by atoms with Gasteiger partial charge in [-0.15, -0.1) is 0 Å². The Kier molecular flexibility index (Phi) is 9.11. The lowest BCUT2D eigenvalue weighted by molar-refractivity contribution is 0.752. The van der Waals surface area contributed by atoms with E-state index in [-0.39, 0.29) is 0 Å². The third-order valence-electron chi connectivity index (χ3n) is 14.1. The van der Waals surface area contributed by atoms with Gasteiger partial charge in [0.05, 0.1) is 22.5 Å². The topological polar surface area (TPSA) is 6.48 Å². The molecule has 0 amide bonds. The van der Waals surface area contributed by atoms with Crippen LogP contribution in [0.5, 0.6) is 0 Å². The smallest absolute Gasteiger partial charge is 0.0755 e. The molecule has 0 radical (unpaired) electrons. The highest BCUT2D eigenvalue weighted by Gasteiger charge is 2.51. The number of anilines is 6. The van der Waals surface area contributed by atoms with Crippen molar-refractivity contribution >= 4 is 44.9 Å². The Balaban J connectivity index is 1.06. The van der Waals surface area contributed by atoms with E-state index >= 15 is 0 Å². The molecule has 0 fully saturated rings. The van der Waals surface area contributed by atoms with Crippen LogP contribution in [-0.2, 0) is 5.41 Å². The van der Waals surface area contributed by atoms with Gasteiger partial charge in [-0.1, -0.05) is 212 Å². The molecule has 0 unspecified atom stereocenters. The molecule has 0 saturated heterocycles. The summed E-state index contributed by atoms with van der Waals surface area (Å²) in [5, 5.41) is 2.49. The summed E-state index contributed by atoms with van der Waals surface area (Å²) in [6.07, 6.45) is 0. The zero-order valence-electron chi connectivity index (χ0n) is 36.8. The Bertz CT molecular complexity index is 3590. The van der Waals surface area contributed by atoms with E-state index in [2.05, 4.69) is 277 Å². The first kappa shape index (κ1) is 38.7. The summed E-state index contributed by atoms with van der Waals surface area (Å²) in [4.78, 5) is 4.93. The fourth-order valence-electron chi connectivity index (χ4n) is 11.3. The largest absolute Gasteiger partial charge is 0.310 e. The van der Waals surface area contributed by atoms with Crippen molar-refractivity contribution in [2.45, 2.75) is 5.41 Å². The maximum absolute atomic E-state index is 2.50. The summed E-state index contributed by atoms with van der Waals surface area (Å²) >= 11 is 0. The monoisotopic (exact) mass is 852 g/mol. The van der Waals surface area contributed by atoms with E-state index in [0.717, 1.165) is 28.3 Å². The lowest BCUT2D eigenvalue weighted by Gasteiger charge is -2.45. The minimum Gasteiger partial charge on any atom is -0.310 e. The minimum absolute atomic E-state index is 0.594. The lowest BCUT2D eigenvalue weighted by Crippen LogP contribution is -2.36. The normalized spacial score (nSPS) is 12.9. The predicted molar refractivity (Wildman–Crippen MR) is 280 cm³/mol. The molecule has 0 atom stereocenters. The maximum Gasteiger partial charge on any atom is 0.0755 e. The van der Waals surface area contributed by atoms with Gasteiger partial charge in [0.25, 0.3) is 0 Å². The fraction of sp³-hybridized carbons (Fsp3) is 0.0154. The van der Waals surface area contributed by atoms with Crippen molar-refractivity contribution in [2.75, 3.05) is 9.80 Å². The van der Waals surface area contributed by atoms with Crippen LogP contribution in [0.25, 0.3) is 55.3 Å². The average Bonchev–Trinajstić information content (AvgIpc) is 3.69. The third-order valence-corrected chi connectivity index (χ3v) is 14.1. The highest BCUT2D eigenvalue weighted by Crippen LogP contribution is 2.64. The number of nitrogens with zero attached hydrogens (tertiary/aromatic N) is 2. The Morgan fingerprint density at radius 2 is 0.806 bits per heavy atom. The van der Waals surface area contributed by atoms with Gasteiger partial charge in [-0.05, 0) is 127 Å². The minimum atomic E-state index is -0.594. The molecule has 314 valence electrons. The summed E-state index contributed by atoms with van der Waals surface area (Å²) in [5.41, 5.74) is 21.0. The summed E-state index contributed by atoms with van der Waals surface area (Å²) in [6, 6.07) is 98.2. The average molecular weight is 853 g/mol. The van der Waals surface area contributed by atoms with Crippen LogP contribution in [-0.4, -0.2) is 0 Å². The molecule has 1 spiro atoms. The van der Waals surface area contributed by atoms with Gasteiger partial charge in [-0.2, -0.15) is 0 Å². The van der Waals surface area contributed by atoms with Gasteiger partial charge in [-0.25, -0.2) is 0 Å². The van der Waals surface area contributed by atoms with E-state index in [1.807, 2.05) is 0 Å². The Morgan fingerprint density at radius 3 is 1.55 bits per heavy atom. The van der Waals surface area contributed by atoms with E-state index in [0.29, 0.717) is 0 Å². The molecule has 13 rings (SSSR count). The number of benzene rings is 11. The van der Waals surface area contributed by atoms with Gasteiger partial charge in [0.2, 0.25) is 0 Å². The van der Waals surface area contributed by atoms with Crippen molar-refractivity contribution in [1.82, 2.24) is 0 Å².